The minimum absolute atomic E-state index is 0.121. The molecule has 2 rings (SSSR count). The molecule has 1 saturated heterocycles. The molecule has 5 heteroatoms. The van der Waals surface area contributed by atoms with Gasteiger partial charge in [-0.3, -0.25) is 4.79 Å². The normalized spacial score (nSPS) is 21.3. The van der Waals surface area contributed by atoms with Crippen molar-refractivity contribution in [2.45, 2.75) is 25.8 Å². The van der Waals surface area contributed by atoms with E-state index in [1.807, 2.05) is 30.0 Å². The van der Waals surface area contributed by atoms with E-state index < -0.39 is 0 Å². The molecule has 19 heavy (non-hydrogen) atoms. The van der Waals surface area contributed by atoms with Crippen molar-refractivity contribution in [2.24, 2.45) is 11.7 Å². The first-order valence-corrected chi connectivity index (χ1v) is 8.36. The molecule has 0 spiro atoms. The van der Waals surface area contributed by atoms with Gasteiger partial charge in [-0.05, 0) is 66.5 Å². The van der Waals surface area contributed by atoms with Crippen molar-refractivity contribution < 1.29 is 4.79 Å². The molecular formula is C14H18BrIN2O. The third-order valence-electron chi connectivity index (χ3n) is 3.65. The van der Waals surface area contributed by atoms with Crippen molar-refractivity contribution in [3.05, 3.63) is 31.8 Å². The molecule has 104 valence electrons. The van der Waals surface area contributed by atoms with Crippen LogP contribution in [0.1, 0.15) is 30.1 Å². The lowest BCUT2D eigenvalue weighted by atomic mass is 9.92. The molecule has 1 aliphatic rings. The zero-order chi connectivity index (χ0) is 14.0. The largest absolute Gasteiger partial charge is 0.338 e. The van der Waals surface area contributed by atoms with Crippen LogP contribution in [0.3, 0.4) is 0 Å². The van der Waals surface area contributed by atoms with E-state index in [4.69, 9.17) is 5.73 Å². The van der Waals surface area contributed by atoms with Gasteiger partial charge in [0.2, 0.25) is 0 Å². The van der Waals surface area contributed by atoms with Crippen molar-refractivity contribution in [1.82, 2.24) is 4.90 Å². The fourth-order valence-corrected chi connectivity index (χ4v) is 3.38. The second-order valence-electron chi connectivity index (χ2n) is 5.14. The molecule has 1 aliphatic heterocycles. The summed E-state index contributed by atoms with van der Waals surface area (Å²) in [6.07, 6.45) is 2.17. The molecule has 2 N–H and O–H groups in total. The Balaban J connectivity index is 2.17. The van der Waals surface area contributed by atoms with Crippen molar-refractivity contribution in [1.29, 1.82) is 0 Å². The van der Waals surface area contributed by atoms with Crippen molar-refractivity contribution >= 4 is 44.4 Å². The summed E-state index contributed by atoms with van der Waals surface area (Å²) in [4.78, 5) is 14.5. The van der Waals surface area contributed by atoms with Crippen LogP contribution in [0.15, 0.2) is 22.7 Å². The molecule has 0 saturated carbocycles. The number of carbonyl (C=O) groups excluding carboxylic acids is 1. The number of likely N-dealkylation sites (tertiary alicyclic amines) is 1. The van der Waals surface area contributed by atoms with E-state index in [0.29, 0.717) is 5.92 Å². The fourth-order valence-electron chi connectivity index (χ4n) is 2.46. The van der Waals surface area contributed by atoms with E-state index in [0.717, 1.165) is 39.5 Å². The van der Waals surface area contributed by atoms with Crippen LogP contribution in [0.5, 0.6) is 0 Å². The zero-order valence-corrected chi connectivity index (χ0v) is 14.6. The molecular weight excluding hydrogens is 419 g/mol. The number of rotatable bonds is 2. The molecule has 1 heterocycles. The summed E-state index contributed by atoms with van der Waals surface area (Å²) >= 11 is 5.64. The SMILES string of the molecule is CC(N)C1CCCN(C(=O)c2cc(Br)ccc2I)C1. The van der Waals surface area contributed by atoms with E-state index in [2.05, 4.69) is 38.5 Å². The highest BCUT2D eigenvalue weighted by molar-refractivity contribution is 14.1. The number of carbonyl (C=O) groups is 1. The Hall–Kier alpha value is -0.140. The lowest BCUT2D eigenvalue weighted by Gasteiger charge is -2.34. The topological polar surface area (TPSA) is 46.3 Å². The van der Waals surface area contributed by atoms with Gasteiger partial charge in [-0.1, -0.05) is 15.9 Å². The van der Waals surface area contributed by atoms with Crippen LogP contribution >= 0.6 is 38.5 Å². The number of benzene rings is 1. The van der Waals surface area contributed by atoms with E-state index in [-0.39, 0.29) is 11.9 Å². The molecule has 2 atom stereocenters. The third kappa shape index (κ3) is 3.70. The van der Waals surface area contributed by atoms with Crippen LogP contribution in [0, 0.1) is 9.49 Å². The van der Waals surface area contributed by atoms with Gasteiger partial charge in [0, 0.05) is 27.2 Å². The minimum Gasteiger partial charge on any atom is -0.338 e. The number of piperidine rings is 1. The zero-order valence-electron chi connectivity index (χ0n) is 10.9. The highest BCUT2D eigenvalue weighted by Crippen LogP contribution is 2.24. The Morgan fingerprint density at radius 3 is 3.00 bits per heavy atom. The van der Waals surface area contributed by atoms with E-state index >= 15 is 0 Å². The van der Waals surface area contributed by atoms with Crippen LogP contribution in [0.4, 0.5) is 0 Å². The number of amides is 1. The number of nitrogens with two attached hydrogens (primary N) is 1. The van der Waals surface area contributed by atoms with Gasteiger partial charge in [0.05, 0.1) is 5.56 Å². The summed E-state index contributed by atoms with van der Waals surface area (Å²) in [5, 5.41) is 0. The third-order valence-corrected chi connectivity index (χ3v) is 5.08. The number of hydrogen-bond donors (Lipinski definition) is 1. The van der Waals surface area contributed by atoms with Crippen LogP contribution in [0.2, 0.25) is 0 Å². The van der Waals surface area contributed by atoms with E-state index in [9.17, 15) is 4.79 Å². The maximum absolute atomic E-state index is 12.6. The second kappa shape index (κ2) is 6.54. The Labute approximate surface area is 136 Å². The van der Waals surface area contributed by atoms with Gasteiger partial charge in [-0.2, -0.15) is 0 Å². The first-order valence-electron chi connectivity index (χ1n) is 6.49. The van der Waals surface area contributed by atoms with Crippen LogP contribution in [0.25, 0.3) is 0 Å². The van der Waals surface area contributed by atoms with Crippen LogP contribution in [-0.2, 0) is 0 Å². The molecule has 0 bridgehead atoms. The minimum atomic E-state index is 0.121. The van der Waals surface area contributed by atoms with Gasteiger partial charge < -0.3 is 10.6 Å². The Kier molecular flexibility index (Phi) is 5.25. The molecule has 2 unspecified atom stereocenters. The first kappa shape index (κ1) is 15.3. The van der Waals surface area contributed by atoms with E-state index in [1.54, 1.807) is 0 Å². The van der Waals surface area contributed by atoms with Gasteiger partial charge in [0.15, 0.2) is 0 Å². The summed E-state index contributed by atoms with van der Waals surface area (Å²) in [7, 11) is 0. The molecule has 1 aromatic rings. The Morgan fingerprint density at radius 2 is 2.32 bits per heavy atom. The quantitative estimate of drug-likeness (QED) is 0.723. The summed E-state index contributed by atoms with van der Waals surface area (Å²) in [5.74, 6) is 0.540. The standard InChI is InChI=1S/C14H18BrIN2O/c1-9(17)10-3-2-6-18(8-10)14(19)12-7-11(15)4-5-13(12)16/h4-5,7,9-10H,2-3,6,8,17H2,1H3. The highest BCUT2D eigenvalue weighted by atomic mass is 127. The van der Waals surface area contributed by atoms with Gasteiger partial charge in [-0.25, -0.2) is 0 Å². The number of hydrogen-bond acceptors (Lipinski definition) is 2. The molecule has 1 amide bonds. The summed E-state index contributed by atoms with van der Waals surface area (Å²) in [6, 6.07) is 5.97. The average Bonchev–Trinajstić information content (AvgIpc) is 2.41. The lowest BCUT2D eigenvalue weighted by Crippen LogP contribution is -2.45. The molecule has 1 aromatic carbocycles. The predicted molar refractivity (Wildman–Crippen MR) is 89.1 cm³/mol. The van der Waals surface area contributed by atoms with Gasteiger partial charge in [-0.15, -0.1) is 0 Å². The van der Waals surface area contributed by atoms with Crippen LogP contribution in [-0.4, -0.2) is 29.9 Å². The van der Waals surface area contributed by atoms with Crippen LogP contribution < -0.4 is 5.73 Å². The maximum atomic E-state index is 12.6. The average molecular weight is 437 g/mol. The van der Waals surface area contributed by atoms with Gasteiger partial charge in [0.1, 0.15) is 0 Å². The first-order chi connectivity index (χ1) is 8.99. The van der Waals surface area contributed by atoms with Crippen molar-refractivity contribution in [3.8, 4) is 0 Å². The lowest BCUT2D eigenvalue weighted by molar-refractivity contribution is 0.0660. The smallest absolute Gasteiger partial charge is 0.254 e. The Bertz CT molecular complexity index is 479. The van der Waals surface area contributed by atoms with Crippen molar-refractivity contribution in [3.63, 3.8) is 0 Å². The molecule has 0 aromatic heterocycles. The maximum Gasteiger partial charge on any atom is 0.254 e. The molecule has 1 fully saturated rings. The number of nitrogens with zero attached hydrogens (tertiary/aromatic N) is 1. The monoisotopic (exact) mass is 436 g/mol. The number of halogens is 2. The summed E-state index contributed by atoms with van der Waals surface area (Å²) < 4.78 is 1.94. The highest BCUT2D eigenvalue weighted by Gasteiger charge is 2.27. The summed E-state index contributed by atoms with van der Waals surface area (Å²) in [5.41, 5.74) is 6.75. The molecule has 3 nitrogen and oxygen atoms in total. The molecule has 0 radical (unpaired) electrons. The fraction of sp³-hybridized carbons (Fsp3) is 0.500. The van der Waals surface area contributed by atoms with Crippen molar-refractivity contribution in [2.75, 3.05) is 13.1 Å². The second-order valence-corrected chi connectivity index (χ2v) is 7.21. The van der Waals surface area contributed by atoms with E-state index in [1.165, 1.54) is 0 Å². The molecule has 0 aliphatic carbocycles. The predicted octanol–water partition coefficient (Wildman–Crippen LogP) is 3.25. The summed E-state index contributed by atoms with van der Waals surface area (Å²) in [6.45, 7) is 3.64. The Morgan fingerprint density at radius 1 is 1.58 bits per heavy atom. The van der Waals surface area contributed by atoms with Gasteiger partial charge >= 0.3 is 0 Å². The van der Waals surface area contributed by atoms with Gasteiger partial charge in [0.25, 0.3) is 5.91 Å².